The van der Waals surface area contributed by atoms with Gasteiger partial charge in [0.05, 0.1) is 6.26 Å². The van der Waals surface area contributed by atoms with Gasteiger partial charge in [-0.25, -0.2) is 0 Å². The Morgan fingerprint density at radius 3 is 2.70 bits per heavy atom. The lowest BCUT2D eigenvalue weighted by Crippen LogP contribution is -2.37. The van der Waals surface area contributed by atoms with E-state index in [4.69, 9.17) is 10.5 Å². The Bertz CT molecular complexity index is 99.4. The molecule has 0 rings (SSSR count). The molecule has 60 valence electrons. The van der Waals surface area contributed by atoms with E-state index >= 15 is 0 Å². The van der Waals surface area contributed by atoms with Gasteiger partial charge < -0.3 is 4.74 Å². The summed E-state index contributed by atoms with van der Waals surface area (Å²) in [5.74, 6) is 0. The molecule has 0 saturated heterocycles. The molecule has 0 aromatic rings. The van der Waals surface area contributed by atoms with Crippen molar-refractivity contribution in [3.63, 3.8) is 0 Å². The van der Waals surface area contributed by atoms with Gasteiger partial charge in [0.15, 0.2) is 5.72 Å². The van der Waals surface area contributed by atoms with Crippen molar-refractivity contribution in [1.29, 1.82) is 0 Å². The molecule has 10 heavy (non-hydrogen) atoms. The molecule has 0 saturated carbocycles. The quantitative estimate of drug-likeness (QED) is 0.472. The van der Waals surface area contributed by atoms with Crippen LogP contribution < -0.4 is 5.73 Å². The highest BCUT2D eigenvalue weighted by atomic mass is 16.5. The van der Waals surface area contributed by atoms with Gasteiger partial charge in [0.1, 0.15) is 0 Å². The van der Waals surface area contributed by atoms with E-state index in [-0.39, 0.29) is 0 Å². The molecule has 0 aliphatic heterocycles. The van der Waals surface area contributed by atoms with Crippen LogP contribution in [-0.2, 0) is 4.74 Å². The fourth-order valence-corrected chi connectivity index (χ4v) is 0.777. The van der Waals surface area contributed by atoms with E-state index in [2.05, 4.69) is 13.5 Å². The van der Waals surface area contributed by atoms with Gasteiger partial charge in [-0.05, 0) is 13.3 Å². The monoisotopic (exact) mass is 143 g/mol. The third-order valence-electron chi connectivity index (χ3n) is 1.38. The lowest BCUT2D eigenvalue weighted by atomic mass is 10.1. The first kappa shape index (κ1) is 9.50. The molecule has 1 unspecified atom stereocenters. The van der Waals surface area contributed by atoms with Gasteiger partial charge in [0.25, 0.3) is 0 Å². The minimum atomic E-state index is -0.516. The molecule has 2 nitrogen and oxygen atoms in total. The first-order valence-electron chi connectivity index (χ1n) is 3.70. The van der Waals surface area contributed by atoms with Gasteiger partial charge in [-0.2, -0.15) is 0 Å². The van der Waals surface area contributed by atoms with Gasteiger partial charge in [0, 0.05) is 6.42 Å². The summed E-state index contributed by atoms with van der Waals surface area (Å²) in [6.07, 6.45) is 4.53. The van der Waals surface area contributed by atoms with E-state index < -0.39 is 5.72 Å². The van der Waals surface area contributed by atoms with Gasteiger partial charge in [-0.15, -0.1) is 0 Å². The van der Waals surface area contributed by atoms with Gasteiger partial charge in [-0.1, -0.05) is 19.9 Å². The smallest absolute Gasteiger partial charge is 0.154 e. The van der Waals surface area contributed by atoms with Crippen LogP contribution in [0.1, 0.15) is 33.1 Å². The fraction of sp³-hybridized carbons (Fsp3) is 0.750. The Morgan fingerprint density at radius 1 is 1.70 bits per heavy atom. The first-order chi connectivity index (χ1) is 4.62. The number of nitrogens with two attached hydrogens (primary N) is 1. The van der Waals surface area contributed by atoms with Crippen molar-refractivity contribution in [2.75, 3.05) is 0 Å². The molecular formula is C8H17NO. The summed E-state index contributed by atoms with van der Waals surface area (Å²) in [7, 11) is 0. The average molecular weight is 143 g/mol. The number of ether oxygens (including phenoxy) is 1. The van der Waals surface area contributed by atoms with Gasteiger partial charge in [0.2, 0.25) is 0 Å². The molecule has 0 aromatic heterocycles. The topological polar surface area (TPSA) is 35.2 Å². The Labute approximate surface area is 63.1 Å². The van der Waals surface area contributed by atoms with Crippen LogP contribution in [0.2, 0.25) is 0 Å². The number of unbranched alkanes of at least 4 members (excludes halogenated alkanes) is 1. The highest BCUT2D eigenvalue weighted by Crippen LogP contribution is 2.11. The molecule has 0 amide bonds. The van der Waals surface area contributed by atoms with Crippen LogP contribution in [0.5, 0.6) is 0 Å². The molecule has 2 heteroatoms. The molecule has 0 aromatic carbocycles. The Morgan fingerprint density at radius 2 is 2.30 bits per heavy atom. The second-order valence-electron chi connectivity index (χ2n) is 2.70. The normalized spacial score (nSPS) is 15.9. The summed E-state index contributed by atoms with van der Waals surface area (Å²) in [6.45, 7) is 7.45. The summed E-state index contributed by atoms with van der Waals surface area (Å²) in [5, 5.41) is 0. The number of hydrogen-bond donors (Lipinski definition) is 1. The summed E-state index contributed by atoms with van der Waals surface area (Å²) < 4.78 is 5.07. The average Bonchev–Trinajstić information content (AvgIpc) is 1.84. The summed E-state index contributed by atoms with van der Waals surface area (Å²) >= 11 is 0. The van der Waals surface area contributed by atoms with Crippen LogP contribution in [-0.4, -0.2) is 5.72 Å². The van der Waals surface area contributed by atoms with Crippen LogP contribution in [0.25, 0.3) is 0 Å². The summed E-state index contributed by atoms with van der Waals surface area (Å²) in [5.41, 5.74) is 5.20. The van der Waals surface area contributed by atoms with Crippen molar-refractivity contribution >= 4 is 0 Å². The van der Waals surface area contributed by atoms with Crippen LogP contribution in [0.4, 0.5) is 0 Å². The Hall–Kier alpha value is -0.500. The van der Waals surface area contributed by atoms with Gasteiger partial charge >= 0.3 is 0 Å². The molecule has 0 aliphatic rings. The van der Waals surface area contributed by atoms with Crippen molar-refractivity contribution in [3.8, 4) is 0 Å². The van der Waals surface area contributed by atoms with Crippen LogP contribution in [0, 0.1) is 0 Å². The minimum absolute atomic E-state index is 0.516. The second kappa shape index (κ2) is 4.34. The SMILES string of the molecule is C=COC(C)(N)CCCC. The molecule has 0 heterocycles. The predicted molar refractivity (Wildman–Crippen MR) is 43.4 cm³/mol. The molecule has 0 fully saturated rings. The molecule has 2 N–H and O–H groups in total. The molecule has 0 bridgehead atoms. The fourth-order valence-electron chi connectivity index (χ4n) is 0.777. The van der Waals surface area contributed by atoms with E-state index in [0.29, 0.717) is 0 Å². The molecule has 0 spiro atoms. The largest absolute Gasteiger partial charge is 0.482 e. The highest BCUT2D eigenvalue weighted by molar-refractivity contribution is 4.69. The summed E-state index contributed by atoms with van der Waals surface area (Å²) in [6, 6.07) is 0. The summed E-state index contributed by atoms with van der Waals surface area (Å²) in [4.78, 5) is 0. The maximum Gasteiger partial charge on any atom is 0.154 e. The lowest BCUT2D eigenvalue weighted by molar-refractivity contribution is 0.0361. The maximum absolute atomic E-state index is 5.72. The van der Waals surface area contributed by atoms with E-state index in [0.717, 1.165) is 19.3 Å². The van der Waals surface area contributed by atoms with E-state index in [9.17, 15) is 0 Å². The van der Waals surface area contributed by atoms with Crippen molar-refractivity contribution < 1.29 is 4.74 Å². The second-order valence-corrected chi connectivity index (χ2v) is 2.70. The zero-order valence-corrected chi connectivity index (χ0v) is 6.89. The van der Waals surface area contributed by atoms with Gasteiger partial charge in [-0.3, -0.25) is 5.73 Å². The Balaban J connectivity index is 3.51. The van der Waals surface area contributed by atoms with Crippen molar-refractivity contribution in [3.05, 3.63) is 12.8 Å². The lowest BCUT2D eigenvalue weighted by Gasteiger charge is -2.23. The maximum atomic E-state index is 5.72. The van der Waals surface area contributed by atoms with E-state index in [1.807, 2.05) is 6.92 Å². The highest BCUT2D eigenvalue weighted by Gasteiger charge is 2.16. The minimum Gasteiger partial charge on any atom is -0.482 e. The molecular weight excluding hydrogens is 126 g/mol. The predicted octanol–water partition coefficient (Wildman–Crippen LogP) is 2.01. The zero-order chi connectivity index (χ0) is 8.04. The third kappa shape index (κ3) is 4.39. The van der Waals surface area contributed by atoms with E-state index in [1.54, 1.807) is 0 Å². The Kier molecular flexibility index (Phi) is 4.12. The van der Waals surface area contributed by atoms with Crippen molar-refractivity contribution in [2.24, 2.45) is 5.73 Å². The first-order valence-corrected chi connectivity index (χ1v) is 3.70. The number of rotatable bonds is 5. The molecule has 0 aliphatic carbocycles. The van der Waals surface area contributed by atoms with Crippen LogP contribution in [0.15, 0.2) is 12.8 Å². The van der Waals surface area contributed by atoms with Crippen molar-refractivity contribution in [2.45, 2.75) is 38.8 Å². The van der Waals surface area contributed by atoms with E-state index in [1.165, 1.54) is 6.26 Å². The number of hydrogen-bond acceptors (Lipinski definition) is 2. The standard InChI is InChI=1S/C8H17NO/c1-4-6-7-8(3,9)10-5-2/h5H,2,4,6-7,9H2,1,3H3. The molecule has 1 atom stereocenters. The van der Waals surface area contributed by atoms with Crippen molar-refractivity contribution in [1.82, 2.24) is 0 Å². The third-order valence-corrected chi connectivity index (χ3v) is 1.38. The molecule has 0 radical (unpaired) electrons. The zero-order valence-electron chi connectivity index (χ0n) is 6.89. The van der Waals surface area contributed by atoms with Crippen LogP contribution in [0.3, 0.4) is 0 Å². The van der Waals surface area contributed by atoms with Crippen LogP contribution >= 0.6 is 0 Å².